The van der Waals surface area contributed by atoms with E-state index in [1.165, 1.54) is 19.2 Å². The molecule has 2 atom stereocenters. The van der Waals surface area contributed by atoms with Crippen molar-refractivity contribution >= 4 is 11.0 Å². The van der Waals surface area contributed by atoms with Crippen LogP contribution in [0.4, 0.5) is 0 Å². The Morgan fingerprint density at radius 2 is 2.00 bits per heavy atom. The van der Waals surface area contributed by atoms with Gasteiger partial charge in [0.05, 0.1) is 18.1 Å². The molecule has 0 aliphatic carbocycles. The van der Waals surface area contributed by atoms with Gasteiger partial charge >= 0.3 is 5.63 Å². The van der Waals surface area contributed by atoms with E-state index < -0.39 is 23.4 Å². The highest BCUT2D eigenvalue weighted by Crippen LogP contribution is 2.47. The van der Waals surface area contributed by atoms with Crippen LogP contribution in [-0.4, -0.2) is 29.0 Å². The lowest BCUT2D eigenvalue weighted by Crippen LogP contribution is -2.48. The van der Waals surface area contributed by atoms with Crippen LogP contribution < -0.4 is 15.1 Å². The monoisotopic (exact) mass is 292 g/mol. The summed E-state index contributed by atoms with van der Waals surface area (Å²) >= 11 is 0. The molecule has 0 unspecified atom stereocenters. The van der Waals surface area contributed by atoms with Gasteiger partial charge in [-0.2, -0.15) is 0 Å². The largest absolute Gasteiger partial charge is 0.495 e. The topological polar surface area (TPSA) is 89.1 Å². The molecular formula is C15H16O6. The van der Waals surface area contributed by atoms with Crippen molar-refractivity contribution in [1.82, 2.24) is 0 Å². The Morgan fingerprint density at radius 1 is 1.29 bits per heavy atom. The van der Waals surface area contributed by atoms with Crippen molar-refractivity contribution in [3.63, 3.8) is 0 Å². The van der Waals surface area contributed by atoms with Gasteiger partial charge in [0.25, 0.3) is 0 Å². The van der Waals surface area contributed by atoms with Crippen LogP contribution in [0.3, 0.4) is 0 Å². The summed E-state index contributed by atoms with van der Waals surface area (Å²) in [5.74, 6) is 0.657. The smallest absolute Gasteiger partial charge is 0.336 e. The molecule has 1 aliphatic heterocycles. The highest BCUT2D eigenvalue weighted by molar-refractivity contribution is 5.87. The first-order valence-corrected chi connectivity index (χ1v) is 6.55. The predicted octanol–water partition coefficient (Wildman–Crippen LogP) is 1.37. The summed E-state index contributed by atoms with van der Waals surface area (Å²) in [4.78, 5) is 11.4. The van der Waals surface area contributed by atoms with Crippen molar-refractivity contribution in [3.05, 3.63) is 34.2 Å². The van der Waals surface area contributed by atoms with Crippen LogP contribution in [0.2, 0.25) is 0 Å². The van der Waals surface area contributed by atoms with Gasteiger partial charge in [-0.05, 0) is 19.9 Å². The minimum absolute atomic E-state index is 0.303. The Morgan fingerprint density at radius 3 is 2.67 bits per heavy atom. The van der Waals surface area contributed by atoms with Crippen LogP contribution in [0.1, 0.15) is 25.5 Å². The van der Waals surface area contributed by atoms with Crippen LogP contribution in [0.15, 0.2) is 27.4 Å². The molecule has 3 rings (SSSR count). The third-order valence-electron chi connectivity index (χ3n) is 3.76. The number of hydrogen-bond acceptors (Lipinski definition) is 6. The Kier molecular flexibility index (Phi) is 2.96. The maximum absolute atomic E-state index is 11.4. The first kappa shape index (κ1) is 13.9. The zero-order chi connectivity index (χ0) is 15.4. The molecule has 6 nitrogen and oxygen atoms in total. The van der Waals surface area contributed by atoms with Gasteiger partial charge in [-0.1, -0.05) is 0 Å². The fraction of sp³-hybridized carbons (Fsp3) is 0.400. The fourth-order valence-electron chi connectivity index (χ4n) is 2.65. The SMILES string of the molecule is COc1c2c(cc3oc(=O)ccc13)OC(C)(C)[C@@H](O)[C@H]2O. The highest BCUT2D eigenvalue weighted by atomic mass is 16.5. The zero-order valence-corrected chi connectivity index (χ0v) is 11.9. The maximum atomic E-state index is 11.4. The van der Waals surface area contributed by atoms with Crippen molar-refractivity contribution in [2.75, 3.05) is 7.11 Å². The number of aliphatic hydroxyl groups is 2. The number of benzene rings is 1. The molecule has 2 aromatic rings. The average Bonchev–Trinajstić information content (AvgIpc) is 2.42. The Hall–Kier alpha value is -2.05. The molecule has 2 heterocycles. The van der Waals surface area contributed by atoms with Crippen molar-refractivity contribution in [3.8, 4) is 11.5 Å². The van der Waals surface area contributed by atoms with Crippen molar-refractivity contribution in [2.24, 2.45) is 0 Å². The number of hydrogen-bond donors (Lipinski definition) is 2. The molecule has 0 radical (unpaired) electrons. The van der Waals surface area contributed by atoms with Gasteiger partial charge in [0.15, 0.2) is 0 Å². The van der Waals surface area contributed by atoms with E-state index in [-0.39, 0.29) is 0 Å². The van der Waals surface area contributed by atoms with Gasteiger partial charge in [0.1, 0.15) is 34.9 Å². The van der Waals surface area contributed by atoms with Crippen LogP contribution in [0.25, 0.3) is 11.0 Å². The number of aliphatic hydroxyl groups excluding tert-OH is 2. The molecule has 0 amide bonds. The molecule has 2 N–H and O–H groups in total. The zero-order valence-electron chi connectivity index (χ0n) is 11.9. The van der Waals surface area contributed by atoms with Crippen LogP contribution >= 0.6 is 0 Å². The van der Waals surface area contributed by atoms with Crippen molar-refractivity contribution < 1.29 is 24.1 Å². The second-order valence-electron chi connectivity index (χ2n) is 5.58. The lowest BCUT2D eigenvalue weighted by Gasteiger charge is -2.40. The summed E-state index contributed by atoms with van der Waals surface area (Å²) in [5, 5.41) is 21.1. The van der Waals surface area contributed by atoms with E-state index >= 15 is 0 Å². The molecule has 0 saturated heterocycles. The Labute approximate surface area is 120 Å². The minimum atomic E-state index is -1.16. The standard InChI is InChI=1S/C15H16O6/c1-15(2)14(18)12(17)11-9(21-15)6-8-7(13(11)19-3)4-5-10(16)20-8/h4-6,12,14,17-18H,1-3H3/t12-,14-/m0/s1. The number of ether oxygens (including phenoxy) is 2. The normalized spacial score (nSPS) is 23.5. The van der Waals surface area contributed by atoms with Crippen molar-refractivity contribution in [2.45, 2.75) is 31.7 Å². The molecule has 0 fully saturated rings. The average molecular weight is 292 g/mol. The lowest BCUT2D eigenvalue weighted by atomic mass is 9.87. The van der Waals surface area contributed by atoms with Gasteiger partial charge in [-0.3, -0.25) is 0 Å². The first-order valence-electron chi connectivity index (χ1n) is 6.55. The van der Waals surface area contributed by atoms with E-state index in [0.29, 0.717) is 28.0 Å². The first-order chi connectivity index (χ1) is 9.85. The van der Waals surface area contributed by atoms with Gasteiger partial charge < -0.3 is 24.1 Å². The summed E-state index contributed by atoms with van der Waals surface area (Å²) in [7, 11) is 1.44. The van der Waals surface area contributed by atoms with E-state index in [9.17, 15) is 15.0 Å². The second kappa shape index (κ2) is 4.47. The van der Waals surface area contributed by atoms with Gasteiger partial charge in [-0.15, -0.1) is 0 Å². The van der Waals surface area contributed by atoms with E-state index in [0.717, 1.165) is 0 Å². The van der Waals surface area contributed by atoms with E-state index in [2.05, 4.69) is 0 Å². The molecular weight excluding hydrogens is 276 g/mol. The third kappa shape index (κ3) is 1.99. The third-order valence-corrected chi connectivity index (χ3v) is 3.76. The summed E-state index contributed by atoms with van der Waals surface area (Å²) in [6.07, 6.45) is -2.26. The summed E-state index contributed by atoms with van der Waals surface area (Å²) in [5.41, 5.74) is -0.802. The maximum Gasteiger partial charge on any atom is 0.336 e. The Balaban J connectivity index is 2.36. The number of fused-ring (bicyclic) bond motifs is 2. The van der Waals surface area contributed by atoms with Crippen LogP contribution in [-0.2, 0) is 0 Å². The fourth-order valence-corrected chi connectivity index (χ4v) is 2.65. The molecule has 112 valence electrons. The van der Waals surface area contributed by atoms with Crippen LogP contribution in [0.5, 0.6) is 11.5 Å². The molecule has 0 saturated carbocycles. The van der Waals surface area contributed by atoms with Gasteiger partial charge in [0.2, 0.25) is 0 Å². The number of rotatable bonds is 1. The molecule has 21 heavy (non-hydrogen) atoms. The molecule has 1 aromatic heterocycles. The van der Waals surface area contributed by atoms with Gasteiger partial charge in [0, 0.05) is 12.1 Å². The van der Waals surface area contributed by atoms with Gasteiger partial charge in [-0.25, -0.2) is 4.79 Å². The second-order valence-corrected chi connectivity index (χ2v) is 5.58. The molecule has 0 bridgehead atoms. The quantitative estimate of drug-likeness (QED) is 0.772. The van der Waals surface area contributed by atoms with Crippen LogP contribution in [0, 0.1) is 0 Å². The van der Waals surface area contributed by atoms with E-state index in [4.69, 9.17) is 13.9 Å². The highest BCUT2D eigenvalue weighted by Gasteiger charge is 2.44. The molecule has 1 aromatic carbocycles. The molecule has 1 aliphatic rings. The molecule has 0 spiro atoms. The van der Waals surface area contributed by atoms with Crippen molar-refractivity contribution in [1.29, 1.82) is 0 Å². The molecule has 6 heteroatoms. The van der Waals surface area contributed by atoms with E-state index in [1.807, 2.05) is 0 Å². The van der Waals surface area contributed by atoms with E-state index in [1.54, 1.807) is 19.9 Å². The Bertz CT molecular complexity index is 761. The minimum Gasteiger partial charge on any atom is -0.495 e. The lowest BCUT2D eigenvalue weighted by molar-refractivity contribution is -0.112. The number of methoxy groups -OCH3 is 1. The summed E-state index contributed by atoms with van der Waals surface area (Å²) < 4.78 is 16.2. The predicted molar refractivity (Wildman–Crippen MR) is 74.7 cm³/mol. The summed E-state index contributed by atoms with van der Waals surface area (Å²) in [6, 6.07) is 4.36. The summed E-state index contributed by atoms with van der Waals surface area (Å²) in [6.45, 7) is 3.34.